The van der Waals surface area contributed by atoms with Crippen molar-refractivity contribution in [1.29, 1.82) is 0 Å². The van der Waals surface area contributed by atoms with Crippen LogP contribution in [0.5, 0.6) is 11.5 Å². The lowest BCUT2D eigenvalue weighted by Gasteiger charge is -2.23. The second-order valence-corrected chi connectivity index (χ2v) is 11.5. The van der Waals surface area contributed by atoms with E-state index in [2.05, 4.69) is 55.2 Å². The molecule has 1 fully saturated rings. The standard InChI is InChI=1S/C35H40N4O3/c1-22-12-29(16-27-8-10-33(41-6)31(18-27)20-38-25(4)14-23(2)36-38)35(40)30(13-22)17-28-9-11-34(42-7)32(19-28)21-39-26(5)15-24(3)37-39/h8-11,14-19,22H,12-13,20-21H2,1-7H3/b29-16+,30-17+. The van der Waals surface area contributed by atoms with E-state index < -0.39 is 0 Å². The highest BCUT2D eigenvalue weighted by molar-refractivity contribution is 6.14. The highest BCUT2D eigenvalue weighted by atomic mass is 16.5. The maximum atomic E-state index is 13.8. The number of carbonyl (C=O) groups excluding carboxylic acids is 1. The Morgan fingerprint density at radius 2 is 1.17 bits per heavy atom. The summed E-state index contributed by atoms with van der Waals surface area (Å²) in [4.78, 5) is 13.8. The second-order valence-electron chi connectivity index (χ2n) is 11.5. The summed E-state index contributed by atoms with van der Waals surface area (Å²) in [7, 11) is 3.37. The number of hydrogen-bond acceptors (Lipinski definition) is 5. The van der Waals surface area contributed by atoms with Gasteiger partial charge < -0.3 is 9.47 Å². The molecular weight excluding hydrogens is 524 g/mol. The summed E-state index contributed by atoms with van der Waals surface area (Å²) >= 11 is 0. The molecular formula is C35H40N4O3. The number of ketones is 1. The first kappa shape index (κ1) is 29.1. The van der Waals surface area contributed by atoms with Crippen molar-refractivity contribution in [2.24, 2.45) is 5.92 Å². The Kier molecular flexibility index (Phi) is 8.48. The van der Waals surface area contributed by atoms with E-state index in [0.717, 1.165) is 80.5 Å². The normalized spacial score (nSPS) is 17.3. The molecule has 1 saturated carbocycles. The van der Waals surface area contributed by atoms with Crippen LogP contribution in [0, 0.1) is 33.6 Å². The van der Waals surface area contributed by atoms with E-state index in [0.29, 0.717) is 19.0 Å². The molecule has 0 N–H and O–H groups in total. The van der Waals surface area contributed by atoms with E-state index in [9.17, 15) is 4.79 Å². The fourth-order valence-electron chi connectivity index (χ4n) is 5.88. The molecule has 2 aromatic heterocycles. The highest BCUT2D eigenvalue weighted by Gasteiger charge is 2.25. The predicted molar refractivity (Wildman–Crippen MR) is 167 cm³/mol. The third-order valence-electron chi connectivity index (χ3n) is 7.86. The van der Waals surface area contributed by atoms with Crippen LogP contribution < -0.4 is 9.47 Å². The number of allylic oxidation sites excluding steroid dienone is 2. The third-order valence-corrected chi connectivity index (χ3v) is 7.86. The molecule has 1 aliphatic carbocycles. The van der Waals surface area contributed by atoms with Gasteiger partial charge in [0.25, 0.3) is 0 Å². The zero-order valence-corrected chi connectivity index (χ0v) is 25.7. The molecule has 0 bridgehead atoms. The summed E-state index contributed by atoms with van der Waals surface area (Å²) in [5, 5.41) is 9.23. The zero-order chi connectivity index (χ0) is 30.0. The lowest BCUT2D eigenvalue weighted by molar-refractivity contribution is -0.113. The molecule has 4 aromatic rings. The van der Waals surface area contributed by atoms with E-state index in [-0.39, 0.29) is 5.78 Å². The fourth-order valence-corrected chi connectivity index (χ4v) is 5.88. The van der Waals surface area contributed by atoms with E-state index in [4.69, 9.17) is 9.47 Å². The van der Waals surface area contributed by atoms with Crippen molar-refractivity contribution in [3.05, 3.63) is 105 Å². The maximum absolute atomic E-state index is 13.8. The summed E-state index contributed by atoms with van der Waals surface area (Å²) < 4.78 is 15.3. The average molecular weight is 565 g/mol. The molecule has 0 spiro atoms. The van der Waals surface area contributed by atoms with Gasteiger partial charge in [-0.05, 0) is 106 Å². The number of benzene rings is 2. The molecule has 5 rings (SSSR count). The molecule has 1 aliphatic rings. The number of aromatic nitrogens is 4. The van der Waals surface area contributed by atoms with Crippen LogP contribution in [0.2, 0.25) is 0 Å². The lowest BCUT2D eigenvalue weighted by atomic mass is 9.80. The van der Waals surface area contributed by atoms with Crippen LogP contribution in [0.15, 0.2) is 59.7 Å². The van der Waals surface area contributed by atoms with Gasteiger partial charge in [-0.25, -0.2) is 0 Å². The largest absolute Gasteiger partial charge is 0.496 e. The predicted octanol–water partition coefficient (Wildman–Crippen LogP) is 6.89. The molecule has 0 unspecified atom stereocenters. The van der Waals surface area contributed by atoms with Gasteiger partial charge in [0, 0.05) is 33.7 Å². The number of Topliss-reactive ketones (excluding diaryl/α,β-unsaturated/α-hetero) is 1. The molecule has 0 amide bonds. The molecule has 218 valence electrons. The van der Waals surface area contributed by atoms with Gasteiger partial charge in [-0.15, -0.1) is 0 Å². The number of ether oxygens (including phenoxy) is 2. The van der Waals surface area contributed by atoms with E-state index in [1.807, 2.05) is 59.6 Å². The number of aryl methyl sites for hydroxylation is 4. The SMILES string of the molecule is COc1ccc(/C=C2\CC(C)C/C(=C\c3ccc(OC)c(Cn4nc(C)cc4C)c3)C2=O)cc1Cn1nc(C)cc1C. The summed E-state index contributed by atoms with van der Waals surface area (Å²) in [5.74, 6) is 2.09. The van der Waals surface area contributed by atoms with E-state index >= 15 is 0 Å². The van der Waals surface area contributed by atoms with Crippen molar-refractivity contribution in [3.63, 3.8) is 0 Å². The zero-order valence-electron chi connectivity index (χ0n) is 25.7. The number of methoxy groups -OCH3 is 2. The number of nitrogens with zero attached hydrogens (tertiary/aromatic N) is 4. The van der Waals surface area contributed by atoms with Crippen molar-refractivity contribution in [2.75, 3.05) is 14.2 Å². The number of rotatable bonds is 8. The van der Waals surface area contributed by atoms with Gasteiger partial charge >= 0.3 is 0 Å². The smallest absolute Gasteiger partial charge is 0.185 e. The first-order chi connectivity index (χ1) is 20.1. The van der Waals surface area contributed by atoms with Crippen LogP contribution in [-0.4, -0.2) is 39.6 Å². The Hall–Kier alpha value is -4.39. The monoisotopic (exact) mass is 564 g/mol. The second kappa shape index (κ2) is 12.2. The minimum absolute atomic E-state index is 0.111. The summed E-state index contributed by atoms with van der Waals surface area (Å²) in [5.41, 5.74) is 9.86. The van der Waals surface area contributed by atoms with E-state index in [1.165, 1.54) is 0 Å². The number of carbonyl (C=O) groups is 1. The van der Waals surface area contributed by atoms with Gasteiger partial charge in [-0.2, -0.15) is 10.2 Å². The Morgan fingerprint density at radius 3 is 1.52 bits per heavy atom. The first-order valence-electron chi connectivity index (χ1n) is 14.4. The quantitative estimate of drug-likeness (QED) is 0.218. The minimum Gasteiger partial charge on any atom is -0.496 e. The molecule has 0 saturated heterocycles. The summed E-state index contributed by atoms with van der Waals surface area (Å²) in [6.45, 7) is 11.5. The van der Waals surface area contributed by atoms with Gasteiger partial charge in [-0.3, -0.25) is 14.2 Å². The van der Waals surface area contributed by atoms with Crippen molar-refractivity contribution < 1.29 is 14.3 Å². The maximum Gasteiger partial charge on any atom is 0.185 e. The molecule has 2 heterocycles. The molecule has 2 aromatic carbocycles. The van der Waals surface area contributed by atoms with Crippen LogP contribution in [0.1, 0.15) is 64.8 Å². The third kappa shape index (κ3) is 6.40. The Labute approximate surface area is 248 Å². The molecule has 7 nitrogen and oxygen atoms in total. The summed E-state index contributed by atoms with van der Waals surface area (Å²) in [6.07, 6.45) is 5.58. The van der Waals surface area contributed by atoms with Crippen molar-refractivity contribution in [1.82, 2.24) is 19.6 Å². The van der Waals surface area contributed by atoms with Gasteiger partial charge in [0.1, 0.15) is 11.5 Å². The van der Waals surface area contributed by atoms with Crippen molar-refractivity contribution >= 4 is 17.9 Å². The van der Waals surface area contributed by atoms with Crippen molar-refractivity contribution in [2.45, 2.75) is 60.5 Å². The summed E-state index contributed by atoms with van der Waals surface area (Å²) in [6, 6.07) is 16.3. The van der Waals surface area contributed by atoms with Crippen LogP contribution in [0.25, 0.3) is 12.2 Å². The Balaban J connectivity index is 1.43. The van der Waals surface area contributed by atoms with Crippen molar-refractivity contribution in [3.8, 4) is 11.5 Å². The van der Waals surface area contributed by atoms with Gasteiger partial charge in [-0.1, -0.05) is 19.1 Å². The van der Waals surface area contributed by atoms with Crippen LogP contribution >= 0.6 is 0 Å². The highest BCUT2D eigenvalue weighted by Crippen LogP contribution is 2.33. The Bertz CT molecular complexity index is 1570. The molecule has 0 atom stereocenters. The van der Waals surface area contributed by atoms with Gasteiger partial charge in [0.2, 0.25) is 0 Å². The average Bonchev–Trinajstić information content (AvgIpc) is 3.44. The first-order valence-corrected chi connectivity index (χ1v) is 14.4. The molecule has 0 aliphatic heterocycles. The topological polar surface area (TPSA) is 71.2 Å². The van der Waals surface area contributed by atoms with E-state index in [1.54, 1.807) is 14.2 Å². The minimum atomic E-state index is 0.111. The molecule has 42 heavy (non-hydrogen) atoms. The lowest BCUT2D eigenvalue weighted by Crippen LogP contribution is -2.18. The van der Waals surface area contributed by atoms with Crippen LogP contribution in [0.3, 0.4) is 0 Å². The number of hydrogen-bond donors (Lipinski definition) is 0. The van der Waals surface area contributed by atoms with Crippen LogP contribution in [0.4, 0.5) is 0 Å². The molecule has 7 heteroatoms. The fraction of sp³-hybridized carbons (Fsp3) is 0.343. The van der Waals surface area contributed by atoms with Crippen LogP contribution in [-0.2, 0) is 17.9 Å². The van der Waals surface area contributed by atoms with Gasteiger partial charge in [0.15, 0.2) is 5.78 Å². The Morgan fingerprint density at radius 1 is 0.738 bits per heavy atom. The van der Waals surface area contributed by atoms with Gasteiger partial charge in [0.05, 0.1) is 38.7 Å². The molecule has 0 radical (unpaired) electrons.